The Balaban J connectivity index is 2.38. The van der Waals surface area contributed by atoms with Crippen LogP contribution in [0, 0.1) is 11.3 Å². The van der Waals surface area contributed by atoms with Gasteiger partial charge in [0, 0.05) is 11.1 Å². The van der Waals surface area contributed by atoms with Crippen LogP contribution < -0.4 is 0 Å². The summed E-state index contributed by atoms with van der Waals surface area (Å²) in [4.78, 5) is 0. The number of para-hydroxylation sites is 1. The smallest absolute Gasteiger partial charge is 0.115 e. The van der Waals surface area contributed by atoms with E-state index in [0.717, 1.165) is 28.7 Å². The van der Waals surface area contributed by atoms with Crippen molar-refractivity contribution in [3.05, 3.63) is 65.9 Å². The lowest BCUT2D eigenvalue weighted by atomic mass is 10.1. The van der Waals surface area contributed by atoms with Crippen LogP contribution in [0.15, 0.2) is 54.6 Å². The zero-order chi connectivity index (χ0) is 15.5. The molecule has 0 unspecified atom stereocenters. The SMILES string of the molecule is CC/C=C/c1c(C#N)c2ccccc2n1-c1ccc(O)cc1. The number of nitrogens with zero attached hydrogens (tertiary/aromatic N) is 2. The molecule has 0 saturated heterocycles. The van der Waals surface area contributed by atoms with Crippen molar-refractivity contribution in [2.75, 3.05) is 0 Å². The number of aromatic hydroxyl groups is 1. The van der Waals surface area contributed by atoms with Crippen LogP contribution in [0.4, 0.5) is 0 Å². The summed E-state index contributed by atoms with van der Waals surface area (Å²) in [6, 6.07) is 17.2. The van der Waals surface area contributed by atoms with Gasteiger partial charge in [-0.05, 0) is 42.8 Å². The average Bonchev–Trinajstić information content (AvgIpc) is 2.87. The highest BCUT2D eigenvalue weighted by Crippen LogP contribution is 2.30. The first-order valence-corrected chi connectivity index (χ1v) is 7.25. The summed E-state index contributed by atoms with van der Waals surface area (Å²) in [5, 5.41) is 20.0. The van der Waals surface area contributed by atoms with Gasteiger partial charge in [0.1, 0.15) is 11.8 Å². The van der Waals surface area contributed by atoms with Gasteiger partial charge in [-0.1, -0.05) is 31.2 Å². The zero-order valence-corrected chi connectivity index (χ0v) is 12.3. The predicted octanol–water partition coefficient (Wildman–Crippen LogP) is 4.63. The van der Waals surface area contributed by atoms with E-state index in [1.807, 2.05) is 48.6 Å². The van der Waals surface area contributed by atoms with Gasteiger partial charge in [-0.3, -0.25) is 0 Å². The molecule has 3 nitrogen and oxygen atoms in total. The Morgan fingerprint density at radius 3 is 2.55 bits per heavy atom. The van der Waals surface area contributed by atoms with Gasteiger partial charge in [-0.2, -0.15) is 5.26 Å². The molecule has 3 aromatic rings. The maximum Gasteiger partial charge on any atom is 0.115 e. The highest BCUT2D eigenvalue weighted by atomic mass is 16.3. The average molecular weight is 288 g/mol. The molecule has 2 aromatic carbocycles. The number of hydrogen-bond donors (Lipinski definition) is 1. The van der Waals surface area contributed by atoms with Crippen LogP contribution in [0.5, 0.6) is 5.75 Å². The molecule has 3 heteroatoms. The molecule has 1 N–H and O–H groups in total. The molecule has 1 aromatic heterocycles. The molecule has 0 spiro atoms. The minimum atomic E-state index is 0.228. The quantitative estimate of drug-likeness (QED) is 0.763. The summed E-state index contributed by atoms with van der Waals surface area (Å²) >= 11 is 0. The molecule has 0 fully saturated rings. The lowest BCUT2D eigenvalue weighted by Gasteiger charge is -2.09. The molecule has 0 aliphatic heterocycles. The van der Waals surface area contributed by atoms with Gasteiger partial charge >= 0.3 is 0 Å². The number of fused-ring (bicyclic) bond motifs is 1. The third-order valence-corrected chi connectivity index (χ3v) is 3.64. The highest BCUT2D eigenvalue weighted by Gasteiger charge is 2.15. The minimum Gasteiger partial charge on any atom is -0.508 e. The Kier molecular flexibility index (Phi) is 3.67. The molecule has 0 amide bonds. The summed E-state index contributed by atoms with van der Waals surface area (Å²) in [6.07, 6.45) is 4.94. The zero-order valence-electron chi connectivity index (χ0n) is 12.3. The van der Waals surface area contributed by atoms with E-state index in [-0.39, 0.29) is 5.75 Å². The Morgan fingerprint density at radius 2 is 1.86 bits per heavy atom. The molecule has 0 aliphatic carbocycles. The molecule has 0 atom stereocenters. The number of benzene rings is 2. The monoisotopic (exact) mass is 288 g/mol. The fraction of sp³-hybridized carbons (Fsp3) is 0.105. The molecule has 1 heterocycles. The first-order chi connectivity index (χ1) is 10.8. The van der Waals surface area contributed by atoms with Crippen molar-refractivity contribution in [1.29, 1.82) is 5.26 Å². The van der Waals surface area contributed by atoms with Crippen LogP contribution in [0.1, 0.15) is 24.6 Å². The first-order valence-electron chi connectivity index (χ1n) is 7.25. The van der Waals surface area contributed by atoms with Crippen molar-refractivity contribution in [3.8, 4) is 17.5 Å². The first kappa shape index (κ1) is 14.0. The van der Waals surface area contributed by atoms with Crippen LogP contribution in [-0.4, -0.2) is 9.67 Å². The van der Waals surface area contributed by atoms with Gasteiger partial charge < -0.3 is 9.67 Å². The third-order valence-electron chi connectivity index (χ3n) is 3.64. The van der Waals surface area contributed by atoms with E-state index in [2.05, 4.69) is 17.6 Å². The number of allylic oxidation sites excluding steroid dienone is 1. The predicted molar refractivity (Wildman–Crippen MR) is 89.0 cm³/mol. The summed E-state index contributed by atoms with van der Waals surface area (Å²) < 4.78 is 2.06. The van der Waals surface area contributed by atoms with Crippen molar-refractivity contribution < 1.29 is 5.11 Å². The molecular weight excluding hydrogens is 272 g/mol. The molecule has 0 aliphatic rings. The van der Waals surface area contributed by atoms with Crippen LogP contribution in [0.3, 0.4) is 0 Å². The van der Waals surface area contributed by atoms with E-state index in [1.54, 1.807) is 12.1 Å². The Labute approximate surface area is 129 Å². The number of aromatic nitrogens is 1. The van der Waals surface area contributed by atoms with Gasteiger partial charge in [0.2, 0.25) is 0 Å². The third kappa shape index (κ3) is 2.25. The molecule has 3 rings (SSSR count). The second-order valence-corrected chi connectivity index (χ2v) is 5.05. The van der Waals surface area contributed by atoms with Crippen molar-refractivity contribution in [1.82, 2.24) is 4.57 Å². The standard InChI is InChI=1S/C19H16N2O/c1-2-3-7-19-17(13-20)16-6-4-5-8-18(16)21(19)14-9-11-15(22)12-10-14/h3-12,22H,2H2,1H3/b7-3+. The lowest BCUT2D eigenvalue weighted by Crippen LogP contribution is -1.96. The van der Waals surface area contributed by atoms with E-state index in [4.69, 9.17) is 0 Å². The largest absolute Gasteiger partial charge is 0.508 e. The van der Waals surface area contributed by atoms with E-state index >= 15 is 0 Å². The van der Waals surface area contributed by atoms with Crippen LogP contribution >= 0.6 is 0 Å². The topological polar surface area (TPSA) is 49.0 Å². The lowest BCUT2D eigenvalue weighted by molar-refractivity contribution is 0.475. The summed E-state index contributed by atoms with van der Waals surface area (Å²) in [7, 11) is 0. The van der Waals surface area contributed by atoms with Crippen LogP contribution in [-0.2, 0) is 0 Å². The van der Waals surface area contributed by atoms with Gasteiger partial charge in [0.25, 0.3) is 0 Å². The minimum absolute atomic E-state index is 0.228. The van der Waals surface area contributed by atoms with Crippen LogP contribution in [0.25, 0.3) is 22.7 Å². The Hall–Kier alpha value is -2.99. The van der Waals surface area contributed by atoms with Crippen molar-refractivity contribution >= 4 is 17.0 Å². The number of nitriles is 1. The second-order valence-electron chi connectivity index (χ2n) is 5.05. The van der Waals surface area contributed by atoms with E-state index in [0.29, 0.717) is 5.56 Å². The molecule has 0 saturated carbocycles. The number of rotatable bonds is 3. The fourth-order valence-corrected chi connectivity index (χ4v) is 2.64. The summed E-state index contributed by atoms with van der Waals surface area (Å²) in [6.45, 7) is 2.07. The fourth-order valence-electron chi connectivity index (χ4n) is 2.64. The molecule has 108 valence electrons. The van der Waals surface area contributed by atoms with Gasteiger partial charge in [-0.15, -0.1) is 0 Å². The molecule has 0 bridgehead atoms. The van der Waals surface area contributed by atoms with E-state index < -0.39 is 0 Å². The highest BCUT2D eigenvalue weighted by molar-refractivity contribution is 5.92. The van der Waals surface area contributed by atoms with Gasteiger partial charge in [0.05, 0.1) is 16.8 Å². The van der Waals surface area contributed by atoms with E-state index in [1.165, 1.54) is 0 Å². The molecule has 0 radical (unpaired) electrons. The Bertz CT molecular complexity index is 880. The molecular formula is C19H16N2O. The Morgan fingerprint density at radius 1 is 1.14 bits per heavy atom. The summed E-state index contributed by atoms with van der Waals surface area (Å²) in [5.41, 5.74) is 3.45. The van der Waals surface area contributed by atoms with Gasteiger partial charge in [0.15, 0.2) is 0 Å². The van der Waals surface area contributed by atoms with Crippen molar-refractivity contribution in [2.45, 2.75) is 13.3 Å². The summed E-state index contributed by atoms with van der Waals surface area (Å²) in [5.74, 6) is 0.228. The maximum absolute atomic E-state index is 9.58. The molecule has 22 heavy (non-hydrogen) atoms. The van der Waals surface area contributed by atoms with Crippen molar-refractivity contribution in [2.24, 2.45) is 0 Å². The maximum atomic E-state index is 9.58. The normalized spacial score (nSPS) is 11.1. The van der Waals surface area contributed by atoms with E-state index in [9.17, 15) is 10.4 Å². The number of phenolic OH excluding ortho intramolecular Hbond substituents is 1. The van der Waals surface area contributed by atoms with Gasteiger partial charge in [-0.25, -0.2) is 0 Å². The number of phenols is 1. The number of hydrogen-bond acceptors (Lipinski definition) is 2. The van der Waals surface area contributed by atoms with Crippen LogP contribution in [0.2, 0.25) is 0 Å². The second kappa shape index (κ2) is 5.79. The van der Waals surface area contributed by atoms with Crippen molar-refractivity contribution in [3.63, 3.8) is 0 Å².